The van der Waals surface area contributed by atoms with Gasteiger partial charge < -0.3 is 9.73 Å². The molecule has 0 unspecified atom stereocenters. The summed E-state index contributed by atoms with van der Waals surface area (Å²) in [6.45, 7) is 2.64. The predicted octanol–water partition coefficient (Wildman–Crippen LogP) is 6.67. The van der Waals surface area contributed by atoms with E-state index in [0.29, 0.717) is 6.54 Å². The zero-order chi connectivity index (χ0) is 17.2. The Hall–Kier alpha value is -2.71. The van der Waals surface area contributed by atoms with Crippen LogP contribution in [0.2, 0.25) is 5.02 Å². The standard InChI is InChI=1S/C22H18ClNO/c1-15-18(9-5-10-20(15)23)22-13-12-17(25-22)14-24-21-11-4-7-16-6-2-3-8-19(16)21/h2-13,24H,14H2,1H3. The number of rotatable bonds is 4. The number of fused-ring (bicyclic) bond motifs is 1. The van der Waals surface area contributed by atoms with E-state index < -0.39 is 0 Å². The van der Waals surface area contributed by atoms with Crippen molar-refractivity contribution in [3.05, 3.63) is 89.1 Å². The minimum Gasteiger partial charge on any atom is -0.459 e. The molecule has 0 aliphatic carbocycles. The molecule has 1 N–H and O–H groups in total. The molecule has 4 rings (SSSR count). The summed E-state index contributed by atoms with van der Waals surface area (Å²) >= 11 is 6.21. The van der Waals surface area contributed by atoms with Crippen LogP contribution in [0, 0.1) is 6.92 Å². The molecule has 25 heavy (non-hydrogen) atoms. The van der Waals surface area contributed by atoms with E-state index in [-0.39, 0.29) is 0 Å². The molecule has 0 aliphatic heterocycles. The van der Waals surface area contributed by atoms with Gasteiger partial charge >= 0.3 is 0 Å². The second-order valence-electron chi connectivity index (χ2n) is 6.06. The zero-order valence-electron chi connectivity index (χ0n) is 13.9. The van der Waals surface area contributed by atoms with Crippen LogP contribution >= 0.6 is 11.6 Å². The molecule has 124 valence electrons. The molecule has 4 aromatic rings. The summed E-state index contributed by atoms with van der Waals surface area (Å²) < 4.78 is 6.02. The molecule has 0 bridgehead atoms. The first kappa shape index (κ1) is 15.8. The van der Waals surface area contributed by atoms with Crippen molar-refractivity contribution in [1.29, 1.82) is 0 Å². The molecule has 0 fully saturated rings. The van der Waals surface area contributed by atoms with E-state index in [1.807, 2.05) is 37.3 Å². The van der Waals surface area contributed by atoms with Gasteiger partial charge in [-0.05, 0) is 42.1 Å². The van der Waals surface area contributed by atoms with Gasteiger partial charge in [0, 0.05) is 21.7 Å². The topological polar surface area (TPSA) is 25.2 Å². The van der Waals surface area contributed by atoms with Gasteiger partial charge in [-0.1, -0.05) is 60.1 Å². The van der Waals surface area contributed by atoms with Gasteiger partial charge in [0.1, 0.15) is 11.5 Å². The molecule has 3 heteroatoms. The van der Waals surface area contributed by atoms with Gasteiger partial charge in [0.05, 0.1) is 6.54 Å². The minimum absolute atomic E-state index is 0.633. The molecular weight excluding hydrogens is 330 g/mol. The first-order valence-electron chi connectivity index (χ1n) is 8.28. The molecule has 0 spiro atoms. The van der Waals surface area contributed by atoms with Gasteiger partial charge in [-0.2, -0.15) is 0 Å². The quantitative estimate of drug-likeness (QED) is 0.445. The fourth-order valence-corrected chi connectivity index (χ4v) is 3.23. The van der Waals surface area contributed by atoms with Crippen molar-refractivity contribution in [2.24, 2.45) is 0 Å². The molecular formula is C22H18ClNO. The molecule has 0 saturated carbocycles. The summed E-state index contributed by atoms with van der Waals surface area (Å²) in [6.07, 6.45) is 0. The van der Waals surface area contributed by atoms with Crippen LogP contribution in [0.15, 0.2) is 77.2 Å². The molecule has 1 aromatic heterocycles. The minimum atomic E-state index is 0.633. The largest absolute Gasteiger partial charge is 0.459 e. The number of nitrogens with one attached hydrogen (secondary N) is 1. The highest BCUT2D eigenvalue weighted by atomic mass is 35.5. The Kier molecular flexibility index (Phi) is 4.21. The first-order valence-corrected chi connectivity index (χ1v) is 8.66. The molecule has 3 aromatic carbocycles. The van der Waals surface area contributed by atoms with E-state index in [9.17, 15) is 0 Å². The van der Waals surface area contributed by atoms with Crippen molar-refractivity contribution in [2.75, 3.05) is 5.32 Å². The van der Waals surface area contributed by atoms with Gasteiger partial charge in [-0.25, -0.2) is 0 Å². The summed E-state index contributed by atoms with van der Waals surface area (Å²) in [5, 5.41) is 6.66. The second-order valence-corrected chi connectivity index (χ2v) is 6.47. The van der Waals surface area contributed by atoms with Crippen LogP contribution in [0.5, 0.6) is 0 Å². The Morgan fingerprint density at radius 2 is 1.68 bits per heavy atom. The smallest absolute Gasteiger partial charge is 0.134 e. The summed E-state index contributed by atoms with van der Waals surface area (Å²) in [6, 6.07) is 24.5. The molecule has 0 aliphatic rings. The zero-order valence-corrected chi connectivity index (χ0v) is 14.7. The van der Waals surface area contributed by atoms with Crippen molar-refractivity contribution < 1.29 is 4.42 Å². The van der Waals surface area contributed by atoms with Crippen LogP contribution < -0.4 is 5.32 Å². The summed E-state index contributed by atoms with van der Waals surface area (Å²) in [5.74, 6) is 1.73. The van der Waals surface area contributed by atoms with Crippen LogP contribution in [0.1, 0.15) is 11.3 Å². The third-order valence-electron chi connectivity index (χ3n) is 4.44. The Morgan fingerprint density at radius 1 is 0.880 bits per heavy atom. The molecule has 1 heterocycles. The van der Waals surface area contributed by atoms with Crippen molar-refractivity contribution in [2.45, 2.75) is 13.5 Å². The highest BCUT2D eigenvalue weighted by Gasteiger charge is 2.09. The summed E-state index contributed by atoms with van der Waals surface area (Å²) in [4.78, 5) is 0. The van der Waals surface area contributed by atoms with Crippen molar-refractivity contribution in [3.63, 3.8) is 0 Å². The average molecular weight is 348 g/mol. The highest BCUT2D eigenvalue weighted by molar-refractivity contribution is 6.31. The Balaban J connectivity index is 1.56. The molecule has 0 amide bonds. The van der Waals surface area contributed by atoms with Crippen LogP contribution in [0.4, 0.5) is 5.69 Å². The molecule has 2 nitrogen and oxygen atoms in total. The molecule has 0 atom stereocenters. The Bertz CT molecular complexity index is 1030. The number of halogens is 1. The summed E-state index contributed by atoms with van der Waals surface area (Å²) in [5.41, 5.74) is 3.17. The lowest BCUT2D eigenvalue weighted by Gasteiger charge is -2.08. The fourth-order valence-electron chi connectivity index (χ4n) is 3.05. The SMILES string of the molecule is Cc1c(Cl)cccc1-c1ccc(CNc2cccc3ccccc23)o1. The lowest BCUT2D eigenvalue weighted by atomic mass is 10.1. The van der Waals surface area contributed by atoms with Crippen molar-refractivity contribution >= 4 is 28.1 Å². The van der Waals surface area contributed by atoms with E-state index >= 15 is 0 Å². The normalized spacial score (nSPS) is 11.0. The van der Waals surface area contributed by atoms with Gasteiger partial charge in [0.15, 0.2) is 0 Å². The van der Waals surface area contributed by atoms with Crippen LogP contribution in [-0.4, -0.2) is 0 Å². The number of benzene rings is 3. The van der Waals surface area contributed by atoms with E-state index in [0.717, 1.165) is 33.4 Å². The van der Waals surface area contributed by atoms with E-state index in [1.165, 1.54) is 10.8 Å². The third kappa shape index (κ3) is 3.13. The van der Waals surface area contributed by atoms with Crippen LogP contribution in [0.3, 0.4) is 0 Å². The first-order chi connectivity index (χ1) is 12.2. The Morgan fingerprint density at radius 3 is 2.60 bits per heavy atom. The van der Waals surface area contributed by atoms with Gasteiger partial charge in [-0.15, -0.1) is 0 Å². The number of anilines is 1. The van der Waals surface area contributed by atoms with E-state index in [1.54, 1.807) is 0 Å². The lowest BCUT2D eigenvalue weighted by Crippen LogP contribution is -1.98. The number of hydrogen-bond donors (Lipinski definition) is 1. The third-order valence-corrected chi connectivity index (χ3v) is 4.85. The van der Waals surface area contributed by atoms with Crippen LogP contribution in [-0.2, 0) is 6.54 Å². The monoisotopic (exact) mass is 347 g/mol. The fraction of sp³-hybridized carbons (Fsp3) is 0.0909. The summed E-state index contributed by atoms with van der Waals surface area (Å²) in [7, 11) is 0. The molecule has 0 radical (unpaired) electrons. The van der Waals surface area contributed by atoms with Gasteiger partial charge in [0.25, 0.3) is 0 Å². The maximum absolute atomic E-state index is 6.21. The second kappa shape index (κ2) is 6.66. The number of furan rings is 1. The van der Waals surface area contributed by atoms with Crippen molar-refractivity contribution in [1.82, 2.24) is 0 Å². The van der Waals surface area contributed by atoms with Crippen LogP contribution in [0.25, 0.3) is 22.1 Å². The average Bonchev–Trinajstić information content (AvgIpc) is 3.11. The Labute approximate surface area is 152 Å². The van der Waals surface area contributed by atoms with E-state index in [2.05, 4.69) is 47.8 Å². The van der Waals surface area contributed by atoms with E-state index in [4.69, 9.17) is 16.0 Å². The lowest BCUT2D eigenvalue weighted by molar-refractivity contribution is 0.531. The highest BCUT2D eigenvalue weighted by Crippen LogP contribution is 2.30. The van der Waals surface area contributed by atoms with Gasteiger partial charge in [-0.3, -0.25) is 0 Å². The van der Waals surface area contributed by atoms with Gasteiger partial charge in [0.2, 0.25) is 0 Å². The van der Waals surface area contributed by atoms with Crippen molar-refractivity contribution in [3.8, 4) is 11.3 Å². The maximum atomic E-state index is 6.21. The number of hydrogen-bond acceptors (Lipinski definition) is 2. The predicted molar refractivity (Wildman–Crippen MR) is 105 cm³/mol. The molecule has 0 saturated heterocycles. The maximum Gasteiger partial charge on any atom is 0.134 e.